The molecule has 0 radical (unpaired) electrons. The summed E-state index contributed by atoms with van der Waals surface area (Å²) in [6.45, 7) is 3.85. The van der Waals surface area contributed by atoms with E-state index in [0.717, 1.165) is 16.8 Å². The first-order valence-corrected chi connectivity index (χ1v) is 6.75. The van der Waals surface area contributed by atoms with Gasteiger partial charge in [-0.15, -0.1) is 5.10 Å². The van der Waals surface area contributed by atoms with Crippen LogP contribution in [-0.4, -0.2) is 25.9 Å². The third-order valence-electron chi connectivity index (χ3n) is 3.26. The first-order chi connectivity index (χ1) is 10.5. The van der Waals surface area contributed by atoms with E-state index in [-0.39, 0.29) is 11.9 Å². The number of aromatic nitrogens is 4. The molecule has 3 aromatic rings. The van der Waals surface area contributed by atoms with Crippen LogP contribution in [0.5, 0.6) is 0 Å². The molecular formula is C15H15N5O2. The van der Waals surface area contributed by atoms with Crippen molar-refractivity contribution in [1.29, 1.82) is 0 Å². The molecule has 2 aromatic heterocycles. The Morgan fingerprint density at radius 2 is 2.05 bits per heavy atom. The predicted molar refractivity (Wildman–Crippen MR) is 80.4 cm³/mol. The molecule has 0 unspecified atom stereocenters. The van der Waals surface area contributed by atoms with E-state index in [1.54, 1.807) is 17.8 Å². The molecule has 0 saturated heterocycles. The zero-order chi connectivity index (χ0) is 15.7. The van der Waals surface area contributed by atoms with Crippen molar-refractivity contribution in [2.45, 2.75) is 13.8 Å². The van der Waals surface area contributed by atoms with Crippen LogP contribution in [0.3, 0.4) is 0 Å². The molecule has 0 aliphatic carbocycles. The molecule has 7 heteroatoms. The van der Waals surface area contributed by atoms with Crippen LogP contribution in [0.2, 0.25) is 0 Å². The van der Waals surface area contributed by atoms with Gasteiger partial charge in [-0.1, -0.05) is 22.8 Å². The zero-order valence-corrected chi connectivity index (χ0v) is 12.5. The number of hydrogen-bond donors (Lipinski definition) is 1. The van der Waals surface area contributed by atoms with Gasteiger partial charge in [-0.25, -0.2) is 0 Å². The molecule has 0 aliphatic rings. The summed E-state index contributed by atoms with van der Waals surface area (Å²) in [5.74, 6) is -0.0284. The molecule has 112 valence electrons. The second-order valence-corrected chi connectivity index (χ2v) is 5.03. The number of benzene rings is 1. The molecule has 0 bridgehead atoms. The molecule has 7 nitrogen and oxygen atoms in total. The topological polar surface area (TPSA) is 85.8 Å². The van der Waals surface area contributed by atoms with Crippen LogP contribution in [-0.2, 0) is 7.05 Å². The highest BCUT2D eigenvalue weighted by Crippen LogP contribution is 2.20. The number of hydrogen-bond acceptors (Lipinski definition) is 5. The van der Waals surface area contributed by atoms with Crippen LogP contribution >= 0.6 is 0 Å². The van der Waals surface area contributed by atoms with Gasteiger partial charge < -0.3 is 4.42 Å². The van der Waals surface area contributed by atoms with Crippen LogP contribution in [0.1, 0.15) is 21.7 Å². The molecule has 0 aliphatic heterocycles. The standard InChI is InChI=1S/C15H15N5O2/c1-9-5-4-6-11(7-9)14-17-18-15(22-14)16-13(21)12-8-10(2)20(3)19-12/h4-8H,1-3H3,(H,16,18,21). The Kier molecular flexibility index (Phi) is 3.46. The second kappa shape index (κ2) is 5.44. The van der Waals surface area contributed by atoms with Gasteiger partial charge in [0.05, 0.1) is 0 Å². The van der Waals surface area contributed by atoms with E-state index < -0.39 is 0 Å². The summed E-state index contributed by atoms with van der Waals surface area (Å²) in [5, 5.41) is 14.4. The van der Waals surface area contributed by atoms with Gasteiger partial charge in [0.15, 0.2) is 5.69 Å². The maximum Gasteiger partial charge on any atom is 0.322 e. The van der Waals surface area contributed by atoms with Gasteiger partial charge in [0.1, 0.15) is 0 Å². The highest BCUT2D eigenvalue weighted by Gasteiger charge is 2.15. The lowest BCUT2D eigenvalue weighted by atomic mass is 10.1. The molecule has 2 heterocycles. The van der Waals surface area contributed by atoms with Crippen molar-refractivity contribution in [2.24, 2.45) is 7.05 Å². The SMILES string of the molecule is Cc1cccc(-c2nnc(NC(=O)c3cc(C)n(C)n3)o2)c1. The Morgan fingerprint density at radius 3 is 2.73 bits per heavy atom. The number of aryl methyl sites for hydroxylation is 3. The lowest BCUT2D eigenvalue weighted by Gasteiger charge is -1.97. The minimum atomic E-state index is -0.386. The number of rotatable bonds is 3. The fourth-order valence-electron chi connectivity index (χ4n) is 2.00. The summed E-state index contributed by atoms with van der Waals surface area (Å²) < 4.78 is 7.09. The van der Waals surface area contributed by atoms with Gasteiger partial charge in [0, 0.05) is 18.3 Å². The third kappa shape index (κ3) is 2.73. The molecule has 0 fully saturated rings. The first kappa shape index (κ1) is 14.0. The number of anilines is 1. The van der Waals surface area contributed by atoms with Gasteiger partial charge in [-0.05, 0) is 32.0 Å². The molecule has 0 atom stereocenters. The average Bonchev–Trinajstić information content (AvgIpc) is 3.07. The van der Waals surface area contributed by atoms with E-state index >= 15 is 0 Å². The predicted octanol–water partition coefficient (Wildman–Crippen LogP) is 2.34. The van der Waals surface area contributed by atoms with Gasteiger partial charge in [0.2, 0.25) is 5.89 Å². The van der Waals surface area contributed by atoms with Crippen molar-refractivity contribution in [1.82, 2.24) is 20.0 Å². The maximum atomic E-state index is 12.1. The first-order valence-electron chi connectivity index (χ1n) is 6.75. The minimum absolute atomic E-state index is 0.0461. The van der Waals surface area contributed by atoms with E-state index in [0.29, 0.717) is 11.6 Å². The van der Waals surface area contributed by atoms with Crippen molar-refractivity contribution in [3.8, 4) is 11.5 Å². The average molecular weight is 297 g/mol. The molecule has 22 heavy (non-hydrogen) atoms. The molecular weight excluding hydrogens is 282 g/mol. The summed E-state index contributed by atoms with van der Waals surface area (Å²) in [5.41, 5.74) is 3.08. The summed E-state index contributed by atoms with van der Waals surface area (Å²) in [6, 6.07) is 9.42. The quantitative estimate of drug-likeness (QED) is 0.802. The Balaban J connectivity index is 1.78. The molecule has 1 aromatic carbocycles. The Bertz CT molecular complexity index is 815. The summed E-state index contributed by atoms with van der Waals surface area (Å²) in [6.07, 6.45) is 0. The number of nitrogens with one attached hydrogen (secondary N) is 1. The van der Waals surface area contributed by atoms with E-state index in [1.165, 1.54) is 0 Å². The van der Waals surface area contributed by atoms with E-state index in [2.05, 4.69) is 20.6 Å². The van der Waals surface area contributed by atoms with E-state index in [9.17, 15) is 4.79 Å². The third-order valence-corrected chi connectivity index (χ3v) is 3.26. The monoisotopic (exact) mass is 297 g/mol. The normalized spacial score (nSPS) is 10.7. The second-order valence-electron chi connectivity index (χ2n) is 5.03. The minimum Gasteiger partial charge on any atom is -0.403 e. The van der Waals surface area contributed by atoms with Gasteiger partial charge >= 0.3 is 6.01 Å². The smallest absolute Gasteiger partial charge is 0.322 e. The lowest BCUT2D eigenvalue weighted by Crippen LogP contribution is -2.13. The Morgan fingerprint density at radius 1 is 1.23 bits per heavy atom. The van der Waals surface area contributed by atoms with Crippen molar-refractivity contribution < 1.29 is 9.21 Å². The number of nitrogens with zero attached hydrogens (tertiary/aromatic N) is 4. The van der Waals surface area contributed by atoms with Crippen LogP contribution in [0.25, 0.3) is 11.5 Å². The lowest BCUT2D eigenvalue weighted by molar-refractivity contribution is 0.101. The van der Waals surface area contributed by atoms with Crippen LogP contribution < -0.4 is 5.32 Å². The van der Waals surface area contributed by atoms with Gasteiger partial charge in [-0.3, -0.25) is 14.8 Å². The number of amides is 1. The maximum absolute atomic E-state index is 12.1. The van der Waals surface area contributed by atoms with Crippen molar-refractivity contribution in [2.75, 3.05) is 5.32 Å². The molecule has 1 amide bonds. The Labute approximate surface area is 127 Å². The van der Waals surface area contributed by atoms with Crippen LogP contribution in [0, 0.1) is 13.8 Å². The molecule has 3 rings (SSSR count). The fourth-order valence-corrected chi connectivity index (χ4v) is 2.00. The number of carbonyl (C=O) groups excluding carboxylic acids is 1. The van der Waals surface area contributed by atoms with Crippen LogP contribution in [0.15, 0.2) is 34.7 Å². The zero-order valence-electron chi connectivity index (χ0n) is 12.5. The number of carbonyl (C=O) groups is 1. The van der Waals surface area contributed by atoms with E-state index in [1.807, 2.05) is 38.1 Å². The van der Waals surface area contributed by atoms with Gasteiger partial charge in [-0.2, -0.15) is 5.10 Å². The largest absolute Gasteiger partial charge is 0.403 e. The van der Waals surface area contributed by atoms with Crippen molar-refractivity contribution in [3.63, 3.8) is 0 Å². The highest BCUT2D eigenvalue weighted by atomic mass is 16.4. The van der Waals surface area contributed by atoms with Crippen LogP contribution in [0.4, 0.5) is 6.01 Å². The molecule has 0 spiro atoms. The van der Waals surface area contributed by atoms with Crippen molar-refractivity contribution >= 4 is 11.9 Å². The summed E-state index contributed by atoms with van der Waals surface area (Å²) in [4.78, 5) is 12.1. The Hall–Kier alpha value is -2.96. The highest BCUT2D eigenvalue weighted by molar-refractivity contribution is 6.01. The van der Waals surface area contributed by atoms with Gasteiger partial charge in [0.25, 0.3) is 5.91 Å². The summed E-state index contributed by atoms with van der Waals surface area (Å²) in [7, 11) is 1.77. The fraction of sp³-hybridized carbons (Fsp3) is 0.200. The summed E-state index contributed by atoms with van der Waals surface area (Å²) >= 11 is 0. The van der Waals surface area contributed by atoms with Crippen molar-refractivity contribution in [3.05, 3.63) is 47.3 Å². The molecule has 1 N–H and O–H groups in total. The van der Waals surface area contributed by atoms with E-state index in [4.69, 9.17) is 4.42 Å². The molecule has 0 saturated carbocycles.